The second-order valence-corrected chi connectivity index (χ2v) is 7.46. The normalized spacial score (nSPS) is 18.9. The van der Waals surface area contributed by atoms with Crippen molar-refractivity contribution < 1.29 is 14.3 Å². The molecule has 0 radical (unpaired) electrons. The van der Waals surface area contributed by atoms with Gasteiger partial charge in [0.2, 0.25) is 11.9 Å². The highest BCUT2D eigenvalue weighted by Crippen LogP contribution is 2.33. The van der Waals surface area contributed by atoms with Crippen LogP contribution in [0.25, 0.3) is 0 Å². The van der Waals surface area contributed by atoms with Crippen LogP contribution in [0.4, 0.5) is 11.6 Å². The van der Waals surface area contributed by atoms with Gasteiger partial charge in [0.05, 0.1) is 5.69 Å². The van der Waals surface area contributed by atoms with Crippen LogP contribution in [0.1, 0.15) is 37.9 Å². The van der Waals surface area contributed by atoms with E-state index in [2.05, 4.69) is 20.7 Å². The van der Waals surface area contributed by atoms with Gasteiger partial charge in [-0.3, -0.25) is 14.9 Å². The van der Waals surface area contributed by atoms with E-state index in [-0.39, 0.29) is 37.2 Å². The average Bonchev–Trinajstić information content (AvgIpc) is 3.09. The zero-order chi connectivity index (χ0) is 20.4. The van der Waals surface area contributed by atoms with Crippen molar-refractivity contribution in [1.29, 1.82) is 0 Å². The van der Waals surface area contributed by atoms with E-state index in [1.165, 1.54) is 0 Å². The number of piperidine rings is 1. The molecule has 0 bridgehead atoms. The summed E-state index contributed by atoms with van der Waals surface area (Å²) in [5.74, 6) is 1.82. The number of hydrogen-bond donors (Lipinski definition) is 2. The summed E-state index contributed by atoms with van der Waals surface area (Å²) >= 11 is 0. The molecule has 0 spiro atoms. The number of rotatable bonds is 5. The van der Waals surface area contributed by atoms with E-state index in [9.17, 15) is 9.59 Å². The third-order valence-corrected chi connectivity index (χ3v) is 5.37. The van der Waals surface area contributed by atoms with Crippen molar-refractivity contribution in [2.75, 3.05) is 29.9 Å². The van der Waals surface area contributed by atoms with Crippen LogP contribution >= 0.6 is 12.4 Å². The highest BCUT2D eigenvalue weighted by atomic mass is 35.5. The maximum atomic E-state index is 12.5. The topological polar surface area (TPSA) is 101 Å². The SMILES string of the molecule is CC1Oc2ccccc2N(CCC(=O)Nc2nc(C3CCNCC3)nn2C)C1=O.Cl. The number of carbonyl (C=O) groups is 2. The molecule has 1 atom stereocenters. The molecular weight excluding hydrogens is 408 g/mol. The number of benzene rings is 1. The summed E-state index contributed by atoms with van der Waals surface area (Å²) in [6, 6.07) is 7.36. The molecule has 2 N–H and O–H groups in total. The number of amides is 2. The molecule has 162 valence electrons. The largest absolute Gasteiger partial charge is 0.479 e. The van der Waals surface area contributed by atoms with Crippen molar-refractivity contribution in [3.05, 3.63) is 30.1 Å². The zero-order valence-corrected chi connectivity index (χ0v) is 17.9. The standard InChI is InChI=1S/C20H26N6O3.ClH/c1-13-19(28)26(15-5-3-4-6-16(15)29-13)12-9-17(27)22-20-23-18(24-25(20)2)14-7-10-21-11-8-14;/h3-6,13-14,21H,7-12H2,1-2H3,(H,22,23,24,27);1H. The van der Waals surface area contributed by atoms with Gasteiger partial charge in [0.15, 0.2) is 11.9 Å². The van der Waals surface area contributed by atoms with Crippen molar-refractivity contribution in [3.63, 3.8) is 0 Å². The molecule has 2 amide bonds. The van der Waals surface area contributed by atoms with E-state index >= 15 is 0 Å². The van der Waals surface area contributed by atoms with Gasteiger partial charge in [-0.05, 0) is 45.0 Å². The Morgan fingerprint density at radius 1 is 1.30 bits per heavy atom. The number of halogens is 1. The maximum Gasteiger partial charge on any atom is 0.267 e. The number of anilines is 2. The summed E-state index contributed by atoms with van der Waals surface area (Å²) in [4.78, 5) is 31.2. The minimum absolute atomic E-state index is 0. The van der Waals surface area contributed by atoms with Crippen molar-refractivity contribution in [2.24, 2.45) is 7.05 Å². The fourth-order valence-corrected chi connectivity index (χ4v) is 3.76. The number of aryl methyl sites for hydroxylation is 1. The van der Waals surface area contributed by atoms with E-state index in [1.54, 1.807) is 23.6 Å². The number of nitrogens with zero attached hydrogens (tertiary/aromatic N) is 4. The van der Waals surface area contributed by atoms with Gasteiger partial charge in [-0.25, -0.2) is 4.68 Å². The second kappa shape index (κ2) is 9.44. The second-order valence-electron chi connectivity index (χ2n) is 7.46. The van der Waals surface area contributed by atoms with Crippen molar-refractivity contribution in [3.8, 4) is 5.75 Å². The minimum atomic E-state index is -0.570. The zero-order valence-electron chi connectivity index (χ0n) is 17.1. The summed E-state index contributed by atoms with van der Waals surface area (Å²) in [7, 11) is 1.77. The Labute approximate surface area is 181 Å². The maximum absolute atomic E-state index is 12.5. The molecule has 1 aromatic carbocycles. The first-order valence-electron chi connectivity index (χ1n) is 10.0. The molecule has 3 heterocycles. The first-order valence-corrected chi connectivity index (χ1v) is 10.0. The predicted octanol–water partition coefficient (Wildman–Crippen LogP) is 1.85. The Balaban J connectivity index is 0.00000256. The van der Waals surface area contributed by atoms with Crippen molar-refractivity contribution in [2.45, 2.75) is 38.2 Å². The number of ether oxygens (including phenoxy) is 1. The minimum Gasteiger partial charge on any atom is -0.479 e. The molecule has 1 fully saturated rings. The Hall–Kier alpha value is -2.65. The lowest BCUT2D eigenvalue weighted by atomic mass is 9.98. The lowest BCUT2D eigenvalue weighted by Crippen LogP contribution is -2.45. The van der Waals surface area contributed by atoms with Crippen LogP contribution in [-0.2, 0) is 16.6 Å². The van der Waals surface area contributed by atoms with Gasteiger partial charge in [0.25, 0.3) is 5.91 Å². The van der Waals surface area contributed by atoms with Crippen LogP contribution in [0.2, 0.25) is 0 Å². The Kier molecular flexibility index (Phi) is 6.94. The molecule has 1 saturated heterocycles. The molecule has 4 rings (SSSR count). The molecular formula is C20H27ClN6O3. The number of hydrogen-bond acceptors (Lipinski definition) is 6. The fourth-order valence-electron chi connectivity index (χ4n) is 3.76. The molecule has 1 aromatic heterocycles. The van der Waals surface area contributed by atoms with Crippen molar-refractivity contribution >= 4 is 35.9 Å². The third kappa shape index (κ3) is 4.57. The van der Waals surface area contributed by atoms with Crippen LogP contribution in [0.3, 0.4) is 0 Å². The molecule has 10 heteroatoms. The van der Waals surface area contributed by atoms with Crippen LogP contribution in [0.15, 0.2) is 24.3 Å². The van der Waals surface area contributed by atoms with Gasteiger partial charge in [-0.1, -0.05) is 12.1 Å². The number of nitrogens with one attached hydrogen (secondary N) is 2. The Morgan fingerprint density at radius 3 is 2.80 bits per heavy atom. The molecule has 0 aliphatic carbocycles. The van der Waals surface area contributed by atoms with Gasteiger partial charge in [-0.2, -0.15) is 10.1 Å². The average molecular weight is 435 g/mol. The molecule has 30 heavy (non-hydrogen) atoms. The van der Waals surface area contributed by atoms with E-state index in [1.807, 2.05) is 24.3 Å². The summed E-state index contributed by atoms with van der Waals surface area (Å²) < 4.78 is 7.24. The molecule has 1 unspecified atom stereocenters. The van der Waals surface area contributed by atoms with Gasteiger partial charge < -0.3 is 15.0 Å². The van der Waals surface area contributed by atoms with Gasteiger partial charge >= 0.3 is 0 Å². The van der Waals surface area contributed by atoms with E-state index in [0.717, 1.165) is 31.8 Å². The summed E-state index contributed by atoms with van der Waals surface area (Å²) in [6.07, 6.45) is 1.57. The summed E-state index contributed by atoms with van der Waals surface area (Å²) in [5, 5.41) is 10.6. The van der Waals surface area contributed by atoms with Crippen LogP contribution < -0.4 is 20.3 Å². The van der Waals surface area contributed by atoms with E-state index < -0.39 is 6.10 Å². The van der Waals surface area contributed by atoms with Crippen molar-refractivity contribution in [1.82, 2.24) is 20.1 Å². The molecule has 9 nitrogen and oxygen atoms in total. The summed E-state index contributed by atoms with van der Waals surface area (Å²) in [6.45, 7) is 3.90. The fraction of sp³-hybridized carbons (Fsp3) is 0.500. The highest BCUT2D eigenvalue weighted by molar-refractivity contribution is 6.00. The number of fused-ring (bicyclic) bond motifs is 1. The smallest absolute Gasteiger partial charge is 0.267 e. The molecule has 2 aliphatic rings. The summed E-state index contributed by atoms with van der Waals surface area (Å²) in [5.41, 5.74) is 0.690. The number of carbonyl (C=O) groups excluding carboxylic acids is 2. The van der Waals surface area contributed by atoms with E-state index in [4.69, 9.17) is 4.74 Å². The van der Waals surface area contributed by atoms with Crippen LogP contribution in [0.5, 0.6) is 5.75 Å². The van der Waals surface area contributed by atoms with Gasteiger partial charge in [-0.15, -0.1) is 12.4 Å². The first kappa shape index (κ1) is 22.0. The monoisotopic (exact) mass is 434 g/mol. The molecule has 2 aliphatic heterocycles. The Morgan fingerprint density at radius 2 is 2.03 bits per heavy atom. The quantitative estimate of drug-likeness (QED) is 0.744. The van der Waals surface area contributed by atoms with Gasteiger partial charge in [0, 0.05) is 25.9 Å². The van der Waals surface area contributed by atoms with Crippen LogP contribution in [-0.4, -0.2) is 52.3 Å². The van der Waals surface area contributed by atoms with Crippen LogP contribution in [0, 0.1) is 0 Å². The Bertz CT molecular complexity index is 912. The lowest BCUT2D eigenvalue weighted by Gasteiger charge is -2.32. The molecule has 2 aromatic rings. The number of para-hydroxylation sites is 2. The lowest BCUT2D eigenvalue weighted by molar-refractivity contribution is -0.125. The van der Waals surface area contributed by atoms with Gasteiger partial charge in [0.1, 0.15) is 5.75 Å². The number of aromatic nitrogens is 3. The third-order valence-electron chi connectivity index (χ3n) is 5.37. The first-order chi connectivity index (χ1) is 14.0. The predicted molar refractivity (Wildman–Crippen MR) is 115 cm³/mol. The highest BCUT2D eigenvalue weighted by Gasteiger charge is 2.31. The molecule has 0 saturated carbocycles. The van der Waals surface area contributed by atoms with E-state index in [0.29, 0.717) is 23.3 Å².